The molecule has 0 aromatic heterocycles. The first-order valence-corrected chi connectivity index (χ1v) is 11.5. The molecule has 164 valence electrons. The molecule has 5 heteroatoms. The van der Waals surface area contributed by atoms with Crippen molar-refractivity contribution >= 4 is 11.7 Å². The lowest BCUT2D eigenvalue weighted by molar-refractivity contribution is 0.188. The van der Waals surface area contributed by atoms with Crippen LogP contribution in [0.2, 0.25) is 0 Å². The Balaban J connectivity index is 1.95. The molecule has 0 radical (unpaired) electrons. The highest BCUT2D eigenvalue weighted by Crippen LogP contribution is 2.23. The molecule has 1 aromatic carbocycles. The molecule has 1 aliphatic carbocycles. The number of benzene rings is 1. The summed E-state index contributed by atoms with van der Waals surface area (Å²) >= 11 is 0. The van der Waals surface area contributed by atoms with E-state index in [4.69, 9.17) is 0 Å². The van der Waals surface area contributed by atoms with Gasteiger partial charge in [0.1, 0.15) is 0 Å². The summed E-state index contributed by atoms with van der Waals surface area (Å²) in [7, 11) is 4.17. The number of hydrogen-bond donors (Lipinski definition) is 1. The van der Waals surface area contributed by atoms with Gasteiger partial charge in [-0.25, -0.2) is 4.79 Å². The topological polar surface area (TPSA) is 38.8 Å². The lowest BCUT2D eigenvalue weighted by Crippen LogP contribution is -2.42. The second-order valence-electron chi connectivity index (χ2n) is 8.61. The summed E-state index contributed by atoms with van der Waals surface area (Å²) in [5, 5.41) is 3.22. The number of amides is 2. The van der Waals surface area contributed by atoms with E-state index in [-0.39, 0.29) is 6.03 Å². The Morgan fingerprint density at radius 1 is 1.00 bits per heavy atom. The van der Waals surface area contributed by atoms with E-state index in [1.54, 1.807) is 0 Å². The number of carbonyl (C=O) groups excluding carboxylic acids is 1. The number of rotatable bonds is 11. The Morgan fingerprint density at radius 2 is 1.66 bits per heavy atom. The van der Waals surface area contributed by atoms with Crippen LogP contribution < -0.4 is 10.2 Å². The number of anilines is 1. The summed E-state index contributed by atoms with van der Waals surface area (Å²) in [6, 6.07) is 8.78. The van der Waals surface area contributed by atoms with E-state index in [1.807, 2.05) is 4.90 Å². The first-order chi connectivity index (χ1) is 14.0. The van der Waals surface area contributed by atoms with Gasteiger partial charge in [-0.05, 0) is 77.4 Å². The largest absolute Gasteiger partial charge is 0.372 e. The zero-order valence-electron chi connectivity index (χ0n) is 19.1. The molecule has 1 aromatic rings. The predicted octanol–water partition coefficient (Wildman–Crippen LogP) is 4.58. The fourth-order valence-electron chi connectivity index (χ4n) is 4.19. The standard InChI is InChI=1S/C24H42N4O/c1-5-27(6-2)23-15-13-22(14-16-23)20-28(18-10-17-26(3)4)24(29)25-19-21-11-8-7-9-12-21/h13-16,21H,5-12,17-20H2,1-4H3,(H,25,29). The van der Waals surface area contributed by atoms with Gasteiger partial charge >= 0.3 is 6.03 Å². The summed E-state index contributed by atoms with van der Waals surface area (Å²) in [6.45, 7) is 9.65. The van der Waals surface area contributed by atoms with Gasteiger partial charge in [0.2, 0.25) is 0 Å². The summed E-state index contributed by atoms with van der Waals surface area (Å²) in [5.74, 6) is 0.657. The van der Waals surface area contributed by atoms with Gasteiger partial charge in [-0.1, -0.05) is 31.4 Å². The lowest BCUT2D eigenvalue weighted by Gasteiger charge is -2.27. The third kappa shape index (κ3) is 8.25. The van der Waals surface area contributed by atoms with Crippen LogP contribution in [0, 0.1) is 5.92 Å². The van der Waals surface area contributed by atoms with Crippen molar-refractivity contribution in [2.24, 2.45) is 5.92 Å². The van der Waals surface area contributed by atoms with Crippen LogP contribution in [-0.4, -0.2) is 62.7 Å². The van der Waals surface area contributed by atoms with Crippen molar-refractivity contribution in [1.82, 2.24) is 15.1 Å². The van der Waals surface area contributed by atoms with Gasteiger partial charge in [0.05, 0.1) is 0 Å². The van der Waals surface area contributed by atoms with Gasteiger partial charge in [0, 0.05) is 38.4 Å². The van der Waals surface area contributed by atoms with Crippen LogP contribution >= 0.6 is 0 Å². The van der Waals surface area contributed by atoms with Crippen LogP contribution in [0.4, 0.5) is 10.5 Å². The third-order valence-corrected chi connectivity index (χ3v) is 6.03. The van der Waals surface area contributed by atoms with Crippen molar-refractivity contribution in [3.8, 4) is 0 Å². The molecule has 0 unspecified atom stereocenters. The molecule has 0 heterocycles. The van der Waals surface area contributed by atoms with Gasteiger partial charge in [-0.2, -0.15) is 0 Å². The molecule has 2 rings (SSSR count). The van der Waals surface area contributed by atoms with Crippen molar-refractivity contribution in [3.05, 3.63) is 29.8 Å². The molecule has 1 N–H and O–H groups in total. The number of nitrogens with one attached hydrogen (secondary N) is 1. The Hall–Kier alpha value is -1.75. The summed E-state index contributed by atoms with van der Waals surface area (Å²) in [4.78, 5) is 19.4. The molecule has 0 bridgehead atoms. The minimum Gasteiger partial charge on any atom is -0.372 e. The number of urea groups is 1. The quantitative estimate of drug-likeness (QED) is 0.589. The highest BCUT2D eigenvalue weighted by atomic mass is 16.2. The fourth-order valence-corrected chi connectivity index (χ4v) is 4.19. The average molecular weight is 403 g/mol. The van der Waals surface area contributed by atoms with Crippen LogP contribution in [0.1, 0.15) is 57.9 Å². The monoisotopic (exact) mass is 402 g/mol. The molecular formula is C24H42N4O. The van der Waals surface area contributed by atoms with E-state index in [1.165, 1.54) is 43.4 Å². The molecule has 29 heavy (non-hydrogen) atoms. The number of nitrogens with zero attached hydrogens (tertiary/aromatic N) is 3. The van der Waals surface area contributed by atoms with Crippen LogP contribution in [0.3, 0.4) is 0 Å². The fraction of sp³-hybridized carbons (Fsp3) is 0.708. The molecular weight excluding hydrogens is 360 g/mol. The van der Waals surface area contributed by atoms with Crippen molar-refractivity contribution < 1.29 is 4.79 Å². The molecule has 1 fully saturated rings. The van der Waals surface area contributed by atoms with Crippen molar-refractivity contribution in [2.45, 2.75) is 58.9 Å². The minimum atomic E-state index is 0.0853. The van der Waals surface area contributed by atoms with Crippen molar-refractivity contribution in [1.29, 1.82) is 0 Å². The van der Waals surface area contributed by atoms with Crippen molar-refractivity contribution in [2.75, 3.05) is 51.7 Å². The molecule has 0 spiro atoms. The molecule has 1 saturated carbocycles. The Kier molecular flexibility index (Phi) is 10.3. The molecule has 0 aliphatic heterocycles. The molecule has 5 nitrogen and oxygen atoms in total. The van der Waals surface area contributed by atoms with Gasteiger partial charge < -0.3 is 20.0 Å². The highest BCUT2D eigenvalue weighted by Gasteiger charge is 2.18. The van der Waals surface area contributed by atoms with Gasteiger partial charge in [-0.3, -0.25) is 0 Å². The third-order valence-electron chi connectivity index (χ3n) is 6.03. The van der Waals surface area contributed by atoms with Crippen LogP contribution in [0.5, 0.6) is 0 Å². The Bertz CT molecular complexity index is 577. The van der Waals surface area contributed by atoms with E-state index in [2.05, 4.69) is 67.3 Å². The average Bonchev–Trinajstić information content (AvgIpc) is 2.74. The zero-order chi connectivity index (χ0) is 21.1. The van der Waals surface area contributed by atoms with Gasteiger partial charge in [0.25, 0.3) is 0 Å². The predicted molar refractivity (Wildman–Crippen MR) is 124 cm³/mol. The van der Waals surface area contributed by atoms with E-state index in [0.29, 0.717) is 12.5 Å². The number of carbonyl (C=O) groups is 1. The van der Waals surface area contributed by atoms with E-state index >= 15 is 0 Å². The Labute approximate surface area is 178 Å². The lowest BCUT2D eigenvalue weighted by atomic mass is 9.89. The Morgan fingerprint density at radius 3 is 2.24 bits per heavy atom. The summed E-state index contributed by atoms with van der Waals surface area (Å²) in [6.07, 6.45) is 7.48. The first-order valence-electron chi connectivity index (χ1n) is 11.5. The molecule has 1 aliphatic rings. The summed E-state index contributed by atoms with van der Waals surface area (Å²) < 4.78 is 0. The first kappa shape index (κ1) is 23.5. The highest BCUT2D eigenvalue weighted by molar-refractivity contribution is 5.74. The van der Waals surface area contributed by atoms with Crippen LogP contribution in [0.15, 0.2) is 24.3 Å². The molecule has 0 atom stereocenters. The number of hydrogen-bond acceptors (Lipinski definition) is 3. The normalized spacial score (nSPS) is 14.8. The van der Waals surface area contributed by atoms with Crippen LogP contribution in [0.25, 0.3) is 0 Å². The second kappa shape index (κ2) is 12.7. The smallest absolute Gasteiger partial charge is 0.317 e. The maximum atomic E-state index is 12.9. The van der Waals surface area contributed by atoms with Gasteiger partial charge in [-0.15, -0.1) is 0 Å². The summed E-state index contributed by atoms with van der Waals surface area (Å²) in [5.41, 5.74) is 2.44. The minimum absolute atomic E-state index is 0.0853. The second-order valence-corrected chi connectivity index (χ2v) is 8.61. The van der Waals surface area contributed by atoms with E-state index in [9.17, 15) is 4.79 Å². The zero-order valence-corrected chi connectivity index (χ0v) is 19.1. The van der Waals surface area contributed by atoms with Gasteiger partial charge in [0.15, 0.2) is 0 Å². The molecule has 0 saturated heterocycles. The van der Waals surface area contributed by atoms with E-state index in [0.717, 1.165) is 39.1 Å². The maximum Gasteiger partial charge on any atom is 0.317 e. The van der Waals surface area contributed by atoms with E-state index < -0.39 is 0 Å². The SMILES string of the molecule is CCN(CC)c1ccc(CN(CCCN(C)C)C(=O)NCC2CCCCC2)cc1. The van der Waals surface area contributed by atoms with Crippen molar-refractivity contribution in [3.63, 3.8) is 0 Å². The molecule has 2 amide bonds. The maximum absolute atomic E-state index is 12.9. The van der Waals surface area contributed by atoms with Crippen LogP contribution in [-0.2, 0) is 6.54 Å².